The maximum absolute atomic E-state index is 5.32. The van der Waals surface area contributed by atoms with Gasteiger partial charge in [0.1, 0.15) is 5.82 Å². The maximum atomic E-state index is 5.32. The second-order valence-corrected chi connectivity index (χ2v) is 1.91. The highest BCUT2D eigenvalue weighted by Crippen LogP contribution is 1.95. The maximum Gasteiger partial charge on any atom is 0.120 e. The number of hydrogen-bond donors (Lipinski definition) is 2. The molecule has 3 N–H and O–H groups in total. The van der Waals surface area contributed by atoms with Crippen molar-refractivity contribution in [2.24, 2.45) is 5.73 Å². The van der Waals surface area contributed by atoms with Crippen LogP contribution in [0.5, 0.6) is 0 Å². The predicted octanol–water partition coefficient (Wildman–Crippen LogP) is 1.27. The zero-order valence-electron chi connectivity index (χ0n) is 6.33. The number of imidazole rings is 1. The van der Waals surface area contributed by atoms with E-state index in [0.717, 1.165) is 17.9 Å². The summed E-state index contributed by atoms with van der Waals surface area (Å²) in [7, 11) is 0. The third-order valence-electron chi connectivity index (χ3n) is 1.26. The molecule has 0 radical (unpaired) electrons. The number of rotatable bonds is 2. The lowest BCUT2D eigenvalue weighted by Crippen LogP contribution is -1.97. The van der Waals surface area contributed by atoms with Crippen LogP contribution in [-0.2, 0) is 13.0 Å². The fourth-order valence-corrected chi connectivity index (χ4v) is 0.689. The number of aromatic amines is 1. The van der Waals surface area contributed by atoms with E-state index >= 15 is 0 Å². The van der Waals surface area contributed by atoms with E-state index in [0.29, 0.717) is 6.54 Å². The number of halogens is 2. The van der Waals surface area contributed by atoms with Gasteiger partial charge in [0, 0.05) is 11.9 Å². The Bertz CT molecular complexity index is 169. The van der Waals surface area contributed by atoms with Crippen LogP contribution in [0.3, 0.4) is 0 Å². The van der Waals surface area contributed by atoms with Crippen LogP contribution in [0.4, 0.5) is 0 Å². The van der Waals surface area contributed by atoms with Crippen LogP contribution >= 0.6 is 24.8 Å². The molecule has 1 aromatic rings. The first kappa shape index (κ1) is 13.3. The van der Waals surface area contributed by atoms with Gasteiger partial charge in [-0.05, 0) is 6.42 Å². The first-order valence-electron chi connectivity index (χ1n) is 3.09. The first-order chi connectivity index (χ1) is 4.36. The van der Waals surface area contributed by atoms with E-state index in [1.165, 1.54) is 0 Å². The number of H-pyrrole nitrogens is 1. The summed E-state index contributed by atoms with van der Waals surface area (Å²) in [6.45, 7) is 2.58. The molecule has 0 atom stereocenters. The van der Waals surface area contributed by atoms with Gasteiger partial charge in [-0.3, -0.25) is 0 Å². The first-order valence-corrected chi connectivity index (χ1v) is 3.09. The molecule has 0 saturated heterocycles. The van der Waals surface area contributed by atoms with Crippen LogP contribution in [0.1, 0.15) is 18.4 Å². The van der Waals surface area contributed by atoms with Crippen LogP contribution in [0.15, 0.2) is 6.20 Å². The summed E-state index contributed by atoms with van der Waals surface area (Å²) < 4.78 is 0. The minimum absolute atomic E-state index is 0. The van der Waals surface area contributed by atoms with E-state index in [1.54, 1.807) is 0 Å². The van der Waals surface area contributed by atoms with E-state index in [2.05, 4.69) is 16.9 Å². The van der Waals surface area contributed by atoms with Gasteiger partial charge in [-0.2, -0.15) is 0 Å². The van der Waals surface area contributed by atoms with Crippen molar-refractivity contribution < 1.29 is 0 Å². The third-order valence-corrected chi connectivity index (χ3v) is 1.26. The molecule has 0 saturated carbocycles. The fraction of sp³-hybridized carbons (Fsp3) is 0.500. The Labute approximate surface area is 78.6 Å². The number of aromatic nitrogens is 2. The minimum atomic E-state index is 0. The largest absolute Gasteiger partial charge is 0.345 e. The summed E-state index contributed by atoms with van der Waals surface area (Å²) in [5.74, 6) is 0.867. The van der Waals surface area contributed by atoms with Crippen LogP contribution in [0.2, 0.25) is 0 Å². The molecule has 3 nitrogen and oxygen atoms in total. The molecule has 0 fully saturated rings. The normalized spacial score (nSPS) is 8.18. The van der Waals surface area contributed by atoms with Crippen molar-refractivity contribution in [3.8, 4) is 0 Å². The number of nitrogens with one attached hydrogen (secondary N) is 1. The van der Waals surface area contributed by atoms with Crippen molar-refractivity contribution in [2.45, 2.75) is 19.9 Å². The lowest BCUT2D eigenvalue weighted by atomic mass is 10.4. The second-order valence-electron chi connectivity index (χ2n) is 1.91. The molecule has 0 aliphatic heterocycles. The van der Waals surface area contributed by atoms with Crippen LogP contribution in [0, 0.1) is 0 Å². The van der Waals surface area contributed by atoms with Crippen molar-refractivity contribution in [3.63, 3.8) is 0 Å². The van der Waals surface area contributed by atoms with Gasteiger partial charge < -0.3 is 10.7 Å². The predicted molar refractivity (Wildman–Crippen MR) is 50.4 cm³/mol. The summed E-state index contributed by atoms with van der Waals surface area (Å²) in [6.07, 6.45) is 2.81. The minimum Gasteiger partial charge on any atom is -0.345 e. The average Bonchev–Trinajstić information content (AvgIpc) is 2.34. The SMILES string of the molecule is CCc1cnc(CN)[nH]1.Cl.Cl. The molecular weight excluding hydrogens is 185 g/mol. The lowest BCUT2D eigenvalue weighted by molar-refractivity contribution is 0.931. The molecular formula is C6H13Cl2N3. The zero-order valence-corrected chi connectivity index (χ0v) is 7.97. The quantitative estimate of drug-likeness (QED) is 0.751. The molecule has 0 unspecified atom stereocenters. The summed E-state index contributed by atoms with van der Waals surface area (Å²) >= 11 is 0. The number of nitrogens with two attached hydrogens (primary N) is 1. The van der Waals surface area contributed by atoms with E-state index in [9.17, 15) is 0 Å². The molecule has 66 valence electrons. The van der Waals surface area contributed by atoms with E-state index in [1.807, 2.05) is 6.20 Å². The Hall–Kier alpha value is -0.250. The second kappa shape index (κ2) is 6.46. The van der Waals surface area contributed by atoms with Gasteiger partial charge in [0.15, 0.2) is 0 Å². The highest BCUT2D eigenvalue weighted by molar-refractivity contribution is 5.85. The van der Waals surface area contributed by atoms with Crippen LogP contribution in [-0.4, -0.2) is 9.97 Å². The van der Waals surface area contributed by atoms with Gasteiger partial charge in [-0.1, -0.05) is 6.92 Å². The van der Waals surface area contributed by atoms with Crippen molar-refractivity contribution in [1.82, 2.24) is 9.97 Å². The van der Waals surface area contributed by atoms with Crippen molar-refractivity contribution >= 4 is 24.8 Å². The Morgan fingerprint density at radius 1 is 1.55 bits per heavy atom. The zero-order chi connectivity index (χ0) is 6.69. The lowest BCUT2D eigenvalue weighted by Gasteiger charge is -1.85. The van der Waals surface area contributed by atoms with Gasteiger partial charge in [-0.15, -0.1) is 24.8 Å². The van der Waals surface area contributed by atoms with E-state index in [4.69, 9.17) is 5.73 Å². The molecule has 1 heterocycles. The van der Waals surface area contributed by atoms with E-state index in [-0.39, 0.29) is 24.8 Å². The topological polar surface area (TPSA) is 54.7 Å². The van der Waals surface area contributed by atoms with Gasteiger partial charge >= 0.3 is 0 Å². The highest BCUT2D eigenvalue weighted by Gasteiger charge is 1.93. The Balaban J connectivity index is 0. The fourth-order valence-electron chi connectivity index (χ4n) is 0.689. The summed E-state index contributed by atoms with van der Waals surface area (Å²) in [6, 6.07) is 0. The number of hydrogen-bond acceptors (Lipinski definition) is 2. The van der Waals surface area contributed by atoms with Crippen molar-refractivity contribution in [3.05, 3.63) is 17.7 Å². The smallest absolute Gasteiger partial charge is 0.120 e. The van der Waals surface area contributed by atoms with Crippen LogP contribution < -0.4 is 5.73 Å². The molecule has 0 aromatic carbocycles. The summed E-state index contributed by atoms with van der Waals surface area (Å²) in [5.41, 5.74) is 6.47. The molecule has 0 amide bonds. The summed E-state index contributed by atoms with van der Waals surface area (Å²) in [5, 5.41) is 0. The molecule has 0 bridgehead atoms. The van der Waals surface area contributed by atoms with E-state index < -0.39 is 0 Å². The van der Waals surface area contributed by atoms with Gasteiger partial charge in [0.2, 0.25) is 0 Å². The van der Waals surface area contributed by atoms with Gasteiger partial charge in [0.05, 0.1) is 6.54 Å². The van der Waals surface area contributed by atoms with Gasteiger partial charge in [0.25, 0.3) is 0 Å². The molecule has 5 heteroatoms. The molecule has 0 aliphatic rings. The monoisotopic (exact) mass is 197 g/mol. The molecule has 11 heavy (non-hydrogen) atoms. The molecule has 0 aliphatic carbocycles. The van der Waals surface area contributed by atoms with Crippen molar-refractivity contribution in [2.75, 3.05) is 0 Å². The third kappa shape index (κ3) is 3.60. The Morgan fingerprint density at radius 2 is 2.18 bits per heavy atom. The van der Waals surface area contributed by atoms with Crippen LogP contribution in [0.25, 0.3) is 0 Å². The average molecular weight is 198 g/mol. The highest BCUT2D eigenvalue weighted by atomic mass is 35.5. The summed E-state index contributed by atoms with van der Waals surface area (Å²) in [4.78, 5) is 7.10. The standard InChI is InChI=1S/C6H11N3.2ClH/c1-2-5-4-8-6(3-7)9-5;;/h4H,2-3,7H2,1H3,(H,8,9);2*1H. The van der Waals surface area contributed by atoms with Gasteiger partial charge in [-0.25, -0.2) is 4.98 Å². The molecule has 0 spiro atoms. The Morgan fingerprint density at radius 3 is 2.45 bits per heavy atom. The van der Waals surface area contributed by atoms with Crippen molar-refractivity contribution in [1.29, 1.82) is 0 Å². The molecule has 1 rings (SSSR count). The Kier molecular flexibility index (Phi) is 7.84. The molecule has 1 aromatic heterocycles. The number of nitrogens with zero attached hydrogens (tertiary/aromatic N) is 1. The number of aryl methyl sites for hydroxylation is 1.